The van der Waals surface area contributed by atoms with Gasteiger partial charge in [0.2, 0.25) is 17.8 Å². The van der Waals surface area contributed by atoms with Crippen molar-refractivity contribution in [2.24, 2.45) is 0 Å². The number of pyridine rings is 1. The van der Waals surface area contributed by atoms with Crippen LogP contribution in [-0.4, -0.2) is 74.1 Å². The Morgan fingerprint density at radius 3 is 2.08 bits per heavy atom. The Labute approximate surface area is 351 Å². The summed E-state index contributed by atoms with van der Waals surface area (Å²) in [6, 6.07) is 20.8. The van der Waals surface area contributed by atoms with Crippen LogP contribution in [0, 0.1) is 0 Å². The molecule has 0 unspecified atom stereocenters. The van der Waals surface area contributed by atoms with E-state index in [1.165, 1.54) is 42.6 Å². The van der Waals surface area contributed by atoms with E-state index in [1.807, 2.05) is 36.4 Å². The number of carboxylic acid groups (broad SMARTS) is 1. The van der Waals surface area contributed by atoms with Gasteiger partial charge in [0, 0.05) is 28.9 Å². The Morgan fingerprint density at radius 1 is 0.836 bits per heavy atom. The van der Waals surface area contributed by atoms with Gasteiger partial charge in [-0.15, -0.1) is 0 Å². The number of carbonyl (C=O) groups is 4. The lowest BCUT2D eigenvalue weighted by molar-refractivity contribution is -0.154. The van der Waals surface area contributed by atoms with Gasteiger partial charge in [-0.3, -0.25) is 14.4 Å². The van der Waals surface area contributed by atoms with Crippen LogP contribution < -0.4 is 36.1 Å². The Morgan fingerprint density at radius 2 is 1.49 bits per heavy atom. The van der Waals surface area contributed by atoms with Crippen LogP contribution >= 0.6 is 11.6 Å². The first-order chi connectivity index (χ1) is 28.8. The highest BCUT2D eigenvalue weighted by molar-refractivity contribution is 6.39. The molecule has 5 aromatic rings. The third kappa shape index (κ3) is 12.3. The van der Waals surface area contributed by atoms with Crippen LogP contribution in [0.2, 0.25) is 5.02 Å². The van der Waals surface area contributed by atoms with Gasteiger partial charge in [-0.25, -0.2) is 9.78 Å². The number of aliphatic carboxylic acids is 1. The van der Waals surface area contributed by atoms with Gasteiger partial charge in [-0.2, -0.15) is 28.1 Å². The molecule has 61 heavy (non-hydrogen) atoms. The third-order valence-corrected chi connectivity index (χ3v) is 9.35. The average molecular weight is 862 g/mol. The van der Waals surface area contributed by atoms with Crippen LogP contribution in [-0.2, 0) is 25.3 Å². The number of nitrogens with one attached hydrogen (secondary N) is 5. The topological polar surface area (TPSA) is 219 Å². The third-order valence-electron chi connectivity index (χ3n) is 9.09. The van der Waals surface area contributed by atoms with E-state index in [2.05, 4.69) is 67.3 Å². The molecule has 3 amide bonds. The fraction of sp³-hybridized carbons (Fsp3) is 0.268. The second-order valence-corrected chi connectivity index (χ2v) is 15.3. The molecule has 0 aliphatic heterocycles. The SMILES string of the molecule is CC(C)(C)c1ccc(Oc2ccc(NC(=O)C(=O)NC[C@H](NC(=O)c3ccc(Nc4nc(NC5(c6ccc(Cl)cc6)CC5)nc(OCC(F)(F)F)n4)cc3)C(=O)O)cn2)cc1. The highest BCUT2D eigenvalue weighted by Gasteiger charge is 2.45. The molecule has 3 aromatic carbocycles. The van der Waals surface area contributed by atoms with Crippen molar-refractivity contribution >= 4 is 58.6 Å². The lowest BCUT2D eigenvalue weighted by Crippen LogP contribution is -2.50. The second-order valence-electron chi connectivity index (χ2n) is 14.9. The van der Waals surface area contributed by atoms with Gasteiger partial charge >= 0.3 is 30.0 Å². The molecule has 0 saturated heterocycles. The minimum atomic E-state index is -4.66. The van der Waals surface area contributed by atoms with Crippen molar-refractivity contribution in [3.05, 3.63) is 113 Å². The number of aromatic nitrogens is 4. The highest BCUT2D eigenvalue weighted by Crippen LogP contribution is 2.48. The molecular formula is C41H39ClF3N9O7. The van der Waals surface area contributed by atoms with E-state index in [1.54, 1.807) is 12.1 Å². The zero-order valence-corrected chi connectivity index (χ0v) is 33.5. The molecule has 20 heteroatoms. The minimum Gasteiger partial charge on any atom is -0.480 e. The fourth-order valence-electron chi connectivity index (χ4n) is 5.67. The molecule has 0 spiro atoms. The van der Waals surface area contributed by atoms with Crippen LogP contribution in [0.25, 0.3) is 0 Å². The summed E-state index contributed by atoms with van der Waals surface area (Å²) in [5.41, 5.74) is 1.87. The number of carbonyl (C=O) groups excluding carboxylic acids is 3. The van der Waals surface area contributed by atoms with Crippen LogP contribution in [0.3, 0.4) is 0 Å². The number of carboxylic acids is 1. The van der Waals surface area contributed by atoms with Crippen LogP contribution in [0.1, 0.15) is 55.1 Å². The summed E-state index contributed by atoms with van der Waals surface area (Å²) >= 11 is 6.03. The summed E-state index contributed by atoms with van der Waals surface area (Å²) in [6.07, 6.45) is -2.00. The molecule has 6 rings (SSSR count). The van der Waals surface area contributed by atoms with Gasteiger partial charge in [0.05, 0.1) is 17.4 Å². The first kappa shape index (κ1) is 43.6. The van der Waals surface area contributed by atoms with E-state index in [0.717, 1.165) is 11.1 Å². The Kier molecular flexibility index (Phi) is 12.9. The lowest BCUT2D eigenvalue weighted by Gasteiger charge is -2.19. The molecule has 1 aliphatic rings. The monoisotopic (exact) mass is 861 g/mol. The zero-order chi connectivity index (χ0) is 44.0. The molecule has 1 aliphatic carbocycles. The van der Waals surface area contributed by atoms with E-state index >= 15 is 0 Å². The van der Waals surface area contributed by atoms with Crippen molar-refractivity contribution in [1.82, 2.24) is 30.6 Å². The lowest BCUT2D eigenvalue weighted by atomic mass is 9.87. The van der Waals surface area contributed by atoms with E-state index in [9.17, 15) is 37.5 Å². The van der Waals surface area contributed by atoms with Crippen molar-refractivity contribution in [2.75, 3.05) is 29.1 Å². The molecule has 318 valence electrons. The van der Waals surface area contributed by atoms with E-state index in [-0.39, 0.29) is 34.4 Å². The smallest absolute Gasteiger partial charge is 0.422 e. The van der Waals surface area contributed by atoms with Crippen LogP contribution in [0.15, 0.2) is 91.1 Å². The Balaban J connectivity index is 1.02. The number of amides is 3. The maximum absolute atomic E-state index is 13.0. The predicted molar refractivity (Wildman–Crippen MR) is 217 cm³/mol. The quantitative estimate of drug-likeness (QED) is 0.0602. The number of hydrogen-bond donors (Lipinski definition) is 6. The minimum absolute atomic E-state index is 0.00793. The van der Waals surface area contributed by atoms with Gasteiger partial charge in [-0.1, -0.05) is 56.6 Å². The molecule has 1 saturated carbocycles. The first-order valence-corrected chi connectivity index (χ1v) is 19.0. The summed E-state index contributed by atoms with van der Waals surface area (Å²) in [5.74, 6) is -4.04. The molecule has 6 N–H and O–H groups in total. The van der Waals surface area contributed by atoms with Crippen molar-refractivity contribution in [3.63, 3.8) is 0 Å². The van der Waals surface area contributed by atoms with E-state index in [0.29, 0.717) is 29.3 Å². The summed E-state index contributed by atoms with van der Waals surface area (Å²) in [4.78, 5) is 66.5. The average Bonchev–Trinajstić information content (AvgIpc) is 3.99. The first-order valence-electron chi connectivity index (χ1n) is 18.6. The number of rotatable bonds is 15. The standard InChI is InChI=1S/C41H39ClF3N9O7/c1-39(2,3)24-8-15-29(16-9-24)61-31-17-14-28(20-46-31)48-34(57)33(56)47-21-30(35(58)59)50-32(55)23-4-12-27(13-5-23)49-36-51-37(53-38(52-36)60-22-41(43,44)45)54-40(18-19-40)25-6-10-26(42)11-7-25/h4-17,20,30H,18-19,21-22H2,1-3H3,(H,47,56)(H,48,57)(H,50,55)(H,58,59)(H2,49,51,52,53,54)/t30-/m0/s1. The number of halogens is 4. The second kappa shape index (κ2) is 18.1. The maximum atomic E-state index is 13.0. The number of benzene rings is 3. The summed E-state index contributed by atoms with van der Waals surface area (Å²) in [7, 11) is 0. The van der Waals surface area contributed by atoms with Crippen molar-refractivity contribution < 1.29 is 46.9 Å². The van der Waals surface area contributed by atoms with Crippen molar-refractivity contribution in [2.45, 2.75) is 56.8 Å². The summed E-state index contributed by atoms with van der Waals surface area (Å²) < 4.78 is 49.5. The Bertz CT molecular complexity index is 2380. The summed E-state index contributed by atoms with van der Waals surface area (Å²) in [5, 5.41) is 23.1. The van der Waals surface area contributed by atoms with Crippen molar-refractivity contribution in [3.8, 4) is 17.6 Å². The normalized spacial score (nSPS) is 13.6. The molecule has 2 heterocycles. The van der Waals surface area contributed by atoms with Crippen molar-refractivity contribution in [1.29, 1.82) is 0 Å². The van der Waals surface area contributed by atoms with Gasteiger partial charge in [0.25, 0.3) is 5.91 Å². The zero-order valence-electron chi connectivity index (χ0n) is 32.8. The van der Waals surface area contributed by atoms with E-state index < -0.39 is 60.6 Å². The molecule has 1 atom stereocenters. The summed E-state index contributed by atoms with van der Waals surface area (Å²) in [6.45, 7) is 4.00. The number of anilines is 4. The number of nitrogens with zero attached hydrogens (tertiary/aromatic N) is 4. The number of alkyl halides is 3. The predicted octanol–water partition coefficient (Wildman–Crippen LogP) is 6.73. The van der Waals surface area contributed by atoms with Crippen LogP contribution in [0.5, 0.6) is 17.6 Å². The van der Waals surface area contributed by atoms with Gasteiger partial charge < -0.3 is 41.2 Å². The maximum Gasteiger partial charge on any atom is 0.422 e. The molecular weight excluding hydrogens is 823 g/mol. The molecule has 0 bridgehead atoms. The van der Waals surface area contributed by atoms with Gasteiger partial charge in [0.15, 0.2) is 6.61 Å². The molecule has 0 radical (unpaired) electrons. The molecule has 16 nitrogen and oxygen atoms in total. The number of hydrogen-bond acceptors (Lipinski definition) is 12. The highest BCUT2D eigenvalue weighted by atomic mass is 35.5. The molecule has 2 aromatic heterocycles. The van der Waals surface area contributed by atoms with Gasteiger partial charge in [-0.05, 0) is 84.0 Å². The number of ether oxygens (including phenoxy) is 2. The van der Waals surface area contributed by atoms with Gasteiger partial charge in [0.1, 0.15) is 11.8 Å². The fourth-order valence-corrected chi connectivity index (χ4v) is 5.80. The van der Waals surface area contributed by atoms with Crippen LogP contribution in [0.4, 0.5) is 36.4 Å². The Hall–Kier alpha value is -7.02. The van der Waals surface area contributed by atoms with E-state index in [4.69, 9.17) is 21.1 Å². The largest absolute Gasteiger partial charge is 0.480 e. The molecule has 1 fully saturated rings.